The number of fused-ring (bicyclic) bond motifs is 1. The van der Waals surface area contributed by atoms with Gasteiger partial charge in [-0.2, -0.15) is 0 Å². The lowest BCUT2D eigenvalue weighted by Crippen LogP contribution is -2.39. The van der Waals surface area contributed by atoms with E-state index in [-0.39, 0.29) is 12.5 Å². The second kappa shape index (κ2) is 9.32. The molecule has 1 N–H and O–H groups in total. The Bertz CT molecular complexity index is 1130. The van der Waals surface area contributed by atoms with Gasteiger partial charge >= 0.3 is 0 Å². The number of hydrogen-bond acceptors (Lipinski definition) is 4. The number of amides is 1. The van der Waals surface area contributed by atoms with E-state index in [1.54, 1.807) is 31.9 Å². The number of carbonyl (C=O) groups is 1. The van der Waals surface area contributed by atoms with E-state index in [1.165, 1.54) is 5.56 Å². The number of rotatable bonds is 8. The van der Waals surface area contributed by atoms with Crippen LogP contribution in [0.1, 0.15) is 43.2 Å². The third-order valence-electron chi connectivity index (χ3n) is 5.79. The minimum atomic E-state index is -0.952. The zero-order valence-electron chi connectivity index (χ0n) is 19.8. The van der Waals surface area contributed by atoms with E-state index in [1.807, 2.05) is 22.8 Å². The summed E-state index contributed by atoms with van der Waals surface area (Å²) in [5.74, 6) is 1.02. The van der Waals surface area contributed by atoms with E-state index in [2.05, 4.69) is 37.4 Å². The Morgan fingerprint density at radius 1 is 1.00 bits per heavy atom. The van der Waals surface area contributed by atoms with Crippen LogP contribution in [0, 0.1) is 0 Å². The Labute approximate surface area is 195 Å². The predicted octanol–water partition coefficient (Wildman–Crippen LogP) is 4.93. The molecule has 1 aromatic heterocycles. The fraction of sp³-hybridized carbons (Fsp3) is 0.370. The molecule has 2 aromatic carbocycles. The Morgan fingerprint density at radius 3 is 2.42 bits per heavy atom. The first-order valence-corrected chi connectivity index (χ1v) is 11.4. The van der Waals surface area contributed by atoms with Crippen molar-refractivity contribution in [2.75, 3.05) is 25.2 Å². The third kappa shape index (κ3) is 5.06. The monoisotopic (exact) mass is 448 g/mol. The molecule has 1 aliphatic rings. The minimum absolute atomic E-state index is 0.0395. The van der Waals surface area contributed by atoms with E-state index in [0.717, 1.165) is 29.7 Å². The molecule has 4 rings (SSSR count). The Balaban J connectivity index is 1.55. The fourth-order valence-electron chi connectivity index (χ4n) is 4.08. The fourth-order valence-corrected chi connectivity index (χ4v) is 4.08. The van der Waals surface area contributed by atoms with Crippen LogP contribution in [0.5, 0.6) is 11.5 Å². The van der Waals surface area contributed by atoms with Crippen LogP contribution < -0.4 is 14.4 Å². The zero-order valence-corrected chi connectivity index (χ0v) is 19.8. The molecule has 0 saturated carbocycles. The summed E-state index contributed by atoms with van der Waals surface area (Å²) in [6.45, 7) is 6.98. The number of aliphatic hydroxyl groups is 1. The van der Waals surface area contributed by atoms with Gasteiger partial charge in [-0.1, -0.05) is 37.6 Å². The van der Waals surface area contributed by atoms with E-state index in [0.29, 0.717) is 30.3 Å². The number of hydrogen-bond donors (Lipinski definition) is 1. The molecule has 1 amide bonds. The largest absolute Gasteiger partial charge is 0.493 e. The van der Waals surface area contributed by atoms with Gasteiger partial charge in [-0.25, -0.2) is 0 Å². The van der Waals surface area contributed by atoms with Crippen molar-refractivity contribution in [3.05, 3.63) is 66.0 Å². The predicted molar refractivity (Wildman–Crippen MR) is 130 cm³/mol. The number of methoxy groups -OCH3 is 1. The van der Waals surface area contributed by atoms with Gasteiger partial charge in [0, 0.05) is 36.6 Å². The Kier molecular flexibility index (Phi) is 6.47. The summed E-state index contributed by atoms with van der Waals surface area (Å²) < 4.78 is 13.2. The average Bonchev–Trinajstić information content (AvgIpc) is 3.23. The Morgan fingerprint density at radius 2 is 1.76 bits per heavy atom. The van der Waals surface area contributed by atoms with Crippen LogP contribution in [0.4, 0.5) is 5.69 Å². The van der Waals surface area contributed by atoms with Crippen molar-refractivity contribution in [2.45, 2.75) is 45.8 Å². The van der Waals surface area contributed by atoms with E-state index < -0.39 is 5.60 Å². The SMILES string of the molecule is CCCc1ccc(-c2cc3n(c2)CCN(c2ccc(OCC(C)(C)O)c(OC)c2)C3=O)cc1. The minimum Gasteiger partial charge on any atom is -0.493 e. The molecule has 1 aliphatic heterocycles. The van der Waals surface area contributed by atoms with Crippen molar-refractivity contribution in [1.29, 1.82) is 0 Å². The molecular formula is C27H32N2O4. The first kappa shape index (κ1) is 22.9. The van der Waals surface area contributed by atoms with Crippen LogP contribution in [0.15, 0.2) is 54.7 Å². The molecule has 0 spiro atoms. The zero-order chi connectivity index (χ0) is 23.6. The van der Waals surface area contributed by atoms with Gasteiger partial charge in [0.25, 0.3) is 5.91 Å². The van der Waals surface area contributed by atoms with Crippen LogP contribution in [-0.4, -0.2) is 41.4 Å². The number of aryl methyl sites for hydroxylation is 1. The van der Waals surface area contributed by atoms with Crippen LogP contribution in [0.25, 0.3) is 11.1 Å². The van der Waals surface area contributed by atoms with Gasteiger partial charge in [0.2, 0.25) is 0 Å². The summed E-state index contributed by atoms with van der Waals surface area (Å²) in [6.07, 6.45) is 4.26. The number of carbonyl (C=O) groups excluding carboxylic acids is 1. The van der Waals surface area contributed by atoms with Gasteiger partial charge in [0.05, 0.1) is 12.7 Å². The molecule has 6 heteroatoms. The van der Waals surface area contributed by atoms with Gasteiger partial charge in [0.1, 0.15) is 12.3 Å². The maximum atomic E-state index is 13.3. The van der Waals surface area contributed by atoms with E-state index >= 15 is 0 Å². The van der Waals surface area contributed by atoms with Gasteiger partial charge in [-0.3, -0.25) is 4.79 Å². The maximum Gasteiger partial charge on any atom is 0.274 e. The number of ether oxygens (including phenoxy) is 2. The molecule has 0 atom stereocenters. The number of nitrogens with zero attached hydrogens (tertiary/aromatic N) is 2. The molecule has 174 valence electrons. The van der Waals surface area contributed by atoms with Crippen molar-refractivity contribution < 1.29 is 19.4 Å². The summed E-state index contributed by atoms with van der Waals surface area (Å²) >= 11 is 0. The Hall–Kier alpha value is -3.25. The van der Waals surface area contributed by atoms with Crippen LogP contribution in [-0.2, 0) is 13.0 Å². The quantitative estimate of drug-likeness (QED) is 0.531. The number of benzene rings is 2. The summed E-state index contributed by atoms with van der Waals surface area (Å²) in [6, 6.07) is 16.0. The van der Waals surface area contributed by atoms with Gasteiger partial charge < -0.3 is 24.0 Å². The summed E-state index contributed by atoms with van der Waals surface area (Å²) in [5.41, 5.74) is 3.98. The lowest BCUT2D eigenvalue weighted by atomic mass is 10.0. The highest BCUT2D eigenvalue weighted by Crippen LogP contribution is 2.34. The average molecular weight is 449 g/mol. The molecule has 6 nitrogen and oxygen atoms in total. The lowest BCUT2D eigenvalue weighted by molar-refractivity contribution is 0.0276. The van der Waals surface area contributed by atoms with Crippen LogP contribution in [0.2, 0.25) is 0 Å². The van der Waals surface area contributed by atoms with Crippen molar-refractivity contribution >= 4 is 11.6 Å². The topological polar surface area (TPSA) is 63.9 Å². The summed E-state index contributed by atoms with van der Waals surface area (Å²) in [5, 5.41) is 9.93. The normalized spacial score (nSPS) is 13.7. The molecule has 0 radical (unpaired) electrons. The molecule has 2 heterocycles. The molecular weight excluding hydrogens is 416 g/mol. The van der Waals surface area contributed by atoms with Crippen molar-refractivity contribution in [3.63, 3.8) is 0 Å². The first-order chi connectivity index (χ1) is 15.8. The highest BCUT2D eigenvalue weighted by atomic mass is 16.5. The van der Waals surface area contributed by atoms with Crippen LogP contribution in [0.3, 0.4) is 0 Å². The summed E-state index contributed by atoms with van der Waals surface area (Å²) in [4.78, 5) is 15.1. The molecule has 3 aromatic rings. The van der Waals surface area contributed by atoms with Crippen LogP contribution >= 0.6 is 0 Å². The summed E-state index contributed by atoms with van der Waals surface area (Å²) in [7, 11) is 1.57. The van der Waals surface area contributed by atoms with Gasteiger partial charge in [-0.05, 0) is 49.6 Å². The third-order valence-corrected chi connectivity index (χ3v) is 5.79. The van der Waals surface area contributed by atoms with E-state index in [4.69, 9.17) is 9.47 Å². The molecule has 0 aliphatic carbocycles. The van der Waals surface area contributed by atoms with Gasteiger partial charge in [0.15, 0.2) is 11.5 Å². The number of aromatic nitrogens is 1. The second-order valence-electron chi connectivity index (χ2n) is 9.15. The van der Waals surface area contributed by atoms with Crippen molar-refractivity contribution in [1.82, 2.24) is 4.57 Å². The molecule has 0 unspecified atom stereocenters. The van der Waals surface area contributed by atoms with Crippen molar-refractivity contribution in [2.24, 2.45) is 0 Å². The highest BCUT2D eigenvalue weighted by molar-refractivity contribution is 6.06. The molecule has 0 saturated heterocycles. The second-order valence-corrected chi connectivity index (χ2v) is 9.15. The highest BCUT2D eigenvalue weighted by Gasteiger charge is 2.27. The first-order valence-electron chi connectivity index (χ1n) is 11.4. The standard InChI is InChI=1S/C27H32N2O4/c1-5-6-19-7-9-20(10-8-19)21-15-23-26(30)29(14-13-28(23)17-21)22-11-12-24(25(16-22)32-4)33-18-27(2,3)31/h7-12,15-17,31H,5-6,13-14,18H2,1-4H3. The molecule has 33 heavy (non-hydrogen) atoms. The lowest BCUT2D eigenvalue weighted by Gasteiger charge is -2.29. The maximum absolute atomic E-state index is 13.3. The van der Waals surface area contributed by atoms with Crippen molar-refractivity contribution in [3.8, 4) is 22.6 Å². The molecule has 0 fully saturated rings. The molecule has 0 bridgehead atoms. The number of anilines is 1. The van der Waals surface area contributed by atoms with E-state index in [9.17, 15) is 9.90 Å². The smallest absolute Gasteiger partial charge is 0.274 e. The van der Waals surface area contributed by atoms with Gasteiger partial charge in [-0.15, -0.1) is 0 Å².